The number of hydrogen-bond acceptors (Lipinski definition) is 4. The van der Waals surface area contributed by atoms with Gasteiger partial charge in [0, 0.05) is 18.6 Å². The van der Waals surface area contributed by atoms with Gasteiger partial charge in [0.2, 0.25) is 0 Å². The highest BCUT2D eigenvalue weighted by Crippen LogP contribution is 2.45. The smallest absolute Gasteiger partial charge is 0.137 e. The zero-order valence-corrected chi connectivity index (χ0v) is 18.2. The fourth-order valence-electron chi connectivity index (χ4n) is 5.14. The number of rotatable bonds is 4. The van der Waals surface area contributed by atoms with Crippen LogP contribution in [0.15, 0.2) is 30.3 Å². The Labute approximate surface area is 178 Å². The van der Waals surface area contributed by atoms with E-state index in [1.807, 2.05) is 31.2 Å². The number of ether oxygens (including phenoxy) is 1. The molecule has 0 saturated carbocycles. The molecule has 0 spiro atoms. The van der Waals surface area contributed by atoms with Gasteiger partial charge in [0.15, 0.2) is 0 Å². The lowest BCUT2D eigenvalue weighted by molar-refractivity contribution is 0.00733. The van der Waals surface area contributed by atoms with Crippen molar-refractivity contribution in [2.45, 2.75) is 70.2 Å². The Hall–Kier alpha value is -1.75. The lowest BCUT2D eigenvalue weighted by Gasteiger charge is -2.32. The van der Waals surface area contributed by atoms with Crippen molar-refractivity contribution in [3.63, 3.8) is 0 Å². The Bertz CT molecular complexity index is 915. The number of aromatic hydroxyl groups is 1. The number of aliphatic hydroxyl groups is 1. The summed E-state index contributed by atoms with van der Waals surface area (Å²) in [6.07, 6.45) is 4.70. The van der Waals surface area contributed by atoms with Gasteiger partial charge < -0.3 is 14.9 Å². The average Bonchev–Trinajstić information content (AvgIpc) is 3.00. The van der Waals surface area contributed by atoms with Crippen LogP contribution in [0.2, 0.25) is 5.02 Å². The summed E-state index contributed by atoms with van der Waals surface area (Å²) >= 11 is 6.20. The Kier molecular flexibility index (Phi) is 5.54. The van der Waals surface area contributed by atoms with Gasteiger partial charge in [-0.3, -0.25) is 4.90 Å². The molecule has 3 unspecified atom stereocenters. The van der Waals surface area contributed by atoms with Gasteiger partial charge in [-0.05, 0) is 86.4 Å². The van der Waals surface area contributed by atoms with Crippen LogP contribution < -0.4 is 4.74 Å². The van der Waals surface area contributed by atoms with Gasteiger partial charge in [-0.2, -0.15) is 0 Å². The summed E-state index contributed by atoms with van der Waals surface area (Å²) in [4.78, 5) is 2.57. The maximum absolute atomic E-state index is 11.6. The maximum atomic E-state index is 11.6. The third-order valence-electron chi connectivity index (χ3n) is 7.15. The van der Waals surface area contributed by atoms with Gasteiger partial charge in [0.1, 0.15) is 11.5 Å². The van der Waals surface area contributed by atoms with Crippen LogP contribution in [0.1, 0.15) is 54.4 Å². The molecule has 0 amide bonds. The molecule has 0 aromatic heterocycles. The first-order chi connectivity index (χ1) is 13.8. The van der Waals surface area contributed by atoms with E-state index < -0.39 is 5.60 Å². The van der Waals surface area contributed by atoms with Gasteiger partial charge in [-0.25, -0.2) is 0 Å². The molecule has 2 bridgehead atoms. The first kappa shape index (κ1) is 20.5. The van der Waals surface area contributed by atoms with Crippen LogP contribution in [-0.4, -0.2) is 34.3 Å². The van der Waals surface area contributed by atoms with E-state index in [1.54, 1.807) is 13.2 Å². The zero-order chi connectivity index (χ0) is 20.8. The van der Waals surface area contributed by atoms with E-state index in [9.17, 15) is 10.2 Å². The van der Waals surface area contributed by atoms with E-state index in [-0.39, 0.29) is 0 Å². The van der Waals surface area contributed by atoms with E-state index in [1.165, 1.54) is 12.0 Å². The molecule has 156 valence electrons. The highest BCUT2D eigenvalue weighted by atomic mass is 35.5. The summed E-state index contributed by atoms with van der Waals surface area (Å²) in [5, 5.41) is 22.2. The van der Waals surface area contributed by atoms with Crippen LogP contribution in [-0.2, 0) is 12.1 Å². The molecule has 0 aliphatic carbocycles. The van der Waals surface area contributed by atoms with Gasteiger partial charge >= 0.3 is 0 Å². The highest BCUT2D eigenvalue weighted by molar-refractivity contribution is 6.32. The monoisotopic (exact) mass is 415 g/mol. The van der Waals surface area contributed by atoms with Crippen LogP contribution in [0.3, 0.4) is 0 Å². The number of fused-ring (bicyclic) bond motifs is 2. The first-order valence-corrected chi connectivity index (χ1v) is 10.8. The second-order valence-electron chi connectivity index (χ2n) is 8.67. The van der Waals surface area contributed by atoms with Crippen LogP contribution >= 0.6 is 11.6 Å². The van der Waals surface area contributed by atoms with Crippen LogP contribution in [0.4, 0.5) is 0 Å². The van der Waals surface area contributed by atoms with E-state index >= 15 is 0 Å². The molecule has 0 radical (unpaired) electrons. The Morgan fingerprint density at radius 2 is 1.86 bits per heavy atom. The fraction of sp³-hybridized carbons (Fsp3) is 0.500. The van der Waals surface area contributed by atoms with E-state index in [2.05, 4.69) is 11.8 Å². The average molecular weight is 416 g/mol. The summed E-state index contributed by atoms with van der Waals surface area (Å²) in [7, 11) is 1.60. The van der Waals surface area contributed by atoms with Gasteiger partial charge in [-0.15, -0.1) is 0 Å². The molecule has 2 fully saturated rings. The molecule has 2 aromatic rings. The lowest BCUT2D eigenvalue weighted by Crippen LogP contribution is -2.36. The molecular formula is C24H30ClNO3. The number of methoxy groups -OCH3 is 1. The molecule has 2 N–H and O–H groups in total. The van der Waals surface area contributed by atoms with Crippen molar-refractivity contribution in [3.05, 3.63) is 57.6 Å². The molecular weight excluding hydrogens is 386 g/mol. The van der Waals surface area contributed by atoms with Gasteiger partial charge in [-0.1, -0.05) is 23.7 Å². The predicted molar refractivity (Wildman–Crippen MR) is 116 cm³/mol. The number of benzene rings is 2. The minimum atomic E-state index is -0.865. The maximum Gasteiger partial charge on any atom is 0.137 e. The number of nitrogens with zero attached hydrogens (tertiary/aromatic N) is 1. The Morgan fingerprint density at radius 1 is 1.10 bits per heavy atom. The Morgan fingerprint density at radius 3 is 2.62 bits per heavy atom. The Balaban J connectivity index is 1.60. The molecule has 29 heavy (non-hydrogen) atoms. The summed E-state index contributed by atoms with van der Waals surface area (Å²) in [6.45, 7) is 4.92. The molecule has 4 rings (SSSR count). The molecule has 2 saturated heterocycles. The van der Waals surface area contributed by atoms with Gasteiger partial charge in [0.25, 0.3) is 0 Å². The molecule has 2 heterocycles. The highest BCUT2D eigenvalue weighted by Gasteiger charge is 2.44. The lowest BCUT2D eigenvalue weighted by atomic mass is 9.81. The van der Waals surface area contributed by atoms with Crippen LogP contribution in [0.25, 0.3) is 0 Å². The van der Waals surface area contributed by atoms with Gasteiger partial charge in [0.05, 0.1) is 17.7 Å². The summed E-state index contributed by atoms with van der Waals surface area (Å²) < 4.78 is 5.37. The van der Waals surface area contributed by atoms with Crippen molar-refractivity contribution in [2.75, 3.05) is 7.11 Å². The van der Waals surface area contributed by atoms with Crippen LogP contribution in [0, 0.1) is 13.8 Å². The zero-order valence-electron chi connectivity index (χ0n) is 17.4. The molecule has 4 nitrogen and oxygen atoms in total. The number of phenols is 1. The number of hydrogen-bond donors (Lipinski definition) is 2. The van der Waals surface area contributed by atoms with Crippen molar-refractivity contribution in [3.8, 4) is 11.5 Å². The summed E-state index contributed by atoms with van der Waals surface area (Å²) in [5.74, 6) is 0.968. The van der Waals surface area contributed by atoms with Crippen molar-refractivity contribution < 1.29 is 14.9 Å². The second-order valence-corrected chi connectivity index (χ2v) is 9.08. The molecule has 2 aromatic carbocycles. The standard InChI is InChI=1S/C24H30ClNO3/c1-15-16(2)22(27)9-4-17(15)14-26-19-6-7-20(26)13-24(28,11-10-19)18-5-8-21(25)23(12-18)29-3/h4-5,8-9,12,19-20,27-28H,6-7,10-11,13-14H2,1-3H3. The third-order valence-corrected chi connectivity index (χ3v) is 7.46. The summed E-state index contributed by atoms with van der Waals surface area (Å²) in [5.41, 5.74) is 3.40. The normalized spacial score (nSPS) is 27.1. The van der Waals surface area contributed by atoms with Crippen molar-refractivity contribution in [1.82, 2.24) is 4.90 Å². The van der Waals surface area contributed by atoms with E-state index in [0.717, 1.165) is 42.5 Å². The predicted octanol–water partition coefficient (Wildman–Crippen LogP) is 5.08. The minimum Gasteiger partial charge on any atom is -0.508 e. The molecule has 2 aliphatic heterocycles. The molecule has 5 heteroatoms. The first-order valence-electron chi connectivity index (χ1n) is 10.4. The van der Waals surface area contributed by atoms with E-state index in [0.29, 0.717) is 35.0 Å². The van der Waals surface area contributed by atoms with Crippen molar-refractivity contribution in [2.24, 2.45) is 0 Å². The van der Waals surface area contributed by atoms with E-state index in [4.69, 9.17) is 16.3 Å². The largest absolute Gasteiger partial charge is 0.508 e. The molecule has 2 aliphatic rings. The topological polar surface area (TPSA) is 52.9 Å². The molecule has 3 atom stereocenters. The second kappa shape index (κ2) is 7.82. The van der Waals surface area contributed by atoms with Crippen molar-refractivity contribution in [1.29, 1.82) is 0 Å². The minimum absolute atomic E-state index is 0.336. The fourth-order valence-corrected chi connectivity index (χ4v) is 5.34. The summed E-state index contributed by atoms with van der Waals surface area (Å²) in [6, 6.07) is 10.3. The number of halogens is 1. The quantitative estimate of drug-likeness (QED) is 0.731. The SMILES string of the molecule is COc1cc(C2(O)CCC3CCC(C2)N3Cc2ccc(O)c(C)c2C)ccc1Cl. The third kappa shape index (κ3) is 3.74. The van der Waals surface area contributed by atoms with Crippen LogP contribution in [0.5, 0.6) is 11.5 Å². The number of phenolic OH excluding ortho intramolecular Hbond substituents is 1. The van der Waals surface area contributed by atoms with Crippen molar-refractivity contribution >= 4 is 11.6 Å².